The number of amides is 1. The van der Waals surface area contributed by atoms with Crippen LogP contribution in [-0.2, 0) is 6.54 Å². The Morgan fingerprint density at radius 2 is 1.74 bits per heavy atom. The van der Waals surface area contributed by atoms with Crippen molar-refractivity contribution < 1.29 is 22.8 Å². The summed E-state index contributed by atoms with van der Waals surface area (Å²) in [5.74, 6) is -2.41. The Morgan fingerprint density at radius 3 is 2.41 bits per heavy atom. The Labute approximate surface area is 160 Å². The maximum absolute atomic E-state index is 12.5. The first kappa shape index (κ1) is 19.2. The van der Waals surface area contributed by atoms with Gasteiger partial charge >= 0.3 is 6.18 Å². The highest BCUT2D eigenvalue weighted by atomic mass is 32.1. The fraction of sp³-hybridized carbons (Fsp3) is 0.167. The molecule has 0 radical (unpaired) electrons. The molecule has 1 amide bonds. The lowest BCUT2D eigenvalue weighted by Gasteiger charge is -2.14. The van der Waals surface area contributed by atoms with Gasteiger partial charge in [0, 0.05) is 18.0 Å². The predicted molar refractivity (Wildman–Crippen MR) is 98.1 cm³/mol. The van der Waals surface area contributed by atoms with Crippen LogP contribution in [0.15, 0.2) is 47.8 Å². The molecule has 0 saturated heterocycles. The molecule has 0 fully saturated rings. The van der Waals surface area contributed by atoms with Gasteiger partial charge in [0.2, 0.25) is 0 Å². The summed E-state index contributed by atoms with van der Waals surface area (Å²) in [6.45, 7) is 0.211. The van der Waals surface area contributed by atoms with Crippen molar-refractivity contribution in [1.82, 2.24) is 9.88 Å². The third-order valence-electron chi connectivity index (χ3n) is 3.62. The number of Topliss-reactive ketones (excluding diaryl/α,β-unsaturated/α-hetero) is 1. The maximum Gasteiger partial charge on any atom is 0.455 e. The van der Waals surface area contributed by atoms with Crippen LogP contribution in [0.2, 0.25) is 0 Å². The molecule has 3 rings (SSSR count). The summed E-state index contributed by atoms with van der Waals surface area (Å²) < 4.78 is 37.5. The zero-order valence-electron chi connectivity index (χ0n) is 14.0. The standard InChI is InChI=1S/C18H13F3N2O2S2/c1-23(9-12-10-26-16(22-12)11-5-3-2-4-6-11)17(25)14-8-7-13(27-14)15(24)18(19,20)21/h2-8,10H,9H2,1H3. The van der Waals surface area contributed by atoms with Gasteiger partial charge < -0.3 is 4.90 Å². The number of hydrogen-bond acceptors (Lipinski definition) is 5. The van der Waals surface area contributed by atoms with E-state index in [1.165, 1.54) is 29.4 Å². The summed E-state index contributed by atoms with van der Waals surface area (Å²) in [6.07, 6.45) is -4.95. The molecule has 0 aliphatic carbocycles. The van der Waals surface area contributed by atoms with Gasteiger partial charge in [0.15, 0.2) is 0 Å². The maximum atomic E-state index is 12.5. The zero-order valence-corrected chi connectivity index (χ0v) is 15.6. The number of thiazole rings is 1. The fourth-order valence-electron chi connectivity index (χ4n) is 2.31. The minimum absolute atomic E-state index is 0.0728. The summed E-state index contributed by atoms with van der Waals surface area (Å²) in [5, 5.41) is 2.65. The first-order valence-electron chi connectivity index (χ1n) is 7.72. The highest BCUT2D eigenvalue weighted by Crippen LogP contribution is 2.28. The number of carbonyl (C=O) groups excluding carboxylic acids is 2. The van der Waals surface area contributed by atoms with Crippen LogP contribution in [0.4, 0.5) is 13.2 Å². The molecule has 0 spiro atoms. The largest absolute Gasteiger partial charge is 0.455 e. The molecule has 9 heteroatoms. The Kier molecular flexibility index (Phi) is 5.43. The molecule has 1 aromatic carbocycles. The monoisotopic (exact) mass is 410 g/mol. The minimum atomic E-state index is -4.95. The third-order valence-corrected chi connectivity index (χ3v) is 5.63. The SMILES string of the molecule is CN(Cc1csc(-c2ccccc2)n1)C(=O)c1ccc(C(=O)C(F)(F)F)s1. The molecule has 0 saturated carbocycles. The van der Waals surface area contributed by atoms with Crippen LogP contribution in [-0.4, -0.2) is 34.8 Å². The third kappa shape index (κ3) is 4.42. The summed E-state index contributed by atoms with van der Waals surface area (Å²) >= 11 is 1.99. The van der Waals surface area contributed by atoms with E-state index in [9.17, 15) is 22.8 Å². The average Bonchev–Trinajstić information content (AvgIpc) is 3.30. The molecule has 0 aliphatic rings. The lowest BCUT2D eigenvalue weighted by molar-refractivity contribution is -0.0882. The number of rotatable bonds is 5. The molecule has 0 N–H and O–H groups in total. The van der Waals surface area contributed by atoms with Crippen LogP contribution in [0.3, 0.4) is 0 Å². The van der Waals surface area contributed by atoms with Gasteiger partial charge in [-0.15, -0.1) is 22.7 Å². The summed E-state index contributed by atoms with van der Waals surface area (Å²) in [5.41, 5.74) is 1.65. The molecule has 140 valence electrons. The first-order valence-corrected chi connectivity index (χ1v) is 9.42. The van der Waals surface area contributed by atoms with E-state index < -0.39 is 22.7 Å². The Morgan fingerprint density at radius 1 is 1.07 bits per heavy atom. The second-order valence-electron chi connectivity index (χ2n) is 5.66. The second-order valence-corrected chi connectivity index (χ2v) is 7.60. The molecule has 4 nitrogen and oxygen atoms in total. The van der Waals surface area contributed by atoms with Crippen molar-refractivity contribution in [2.24, 2.45) is 0 Å². The second kappa shape index (κ2) is 7.61. The van der Waals surface area contributed by atoms with Gasteiger partial charge in [0.05, 0.1) is 22.0 Å². The van der Waals surface area contributed by atoms with E-state index in [0.717, 1.165) is 16.6 Å². The minimum Gasteiger partial charge on any atom is -0.335 e. The lowest BCUT2D eigenvalue weighted by atomic mass is 10.2. The molecular formula is C18H13F3N2O2S2. The van der Waals surface area contributed by atoms with Gasteiger partial charge in [0.25, 0.3) is 11.7 Å². The van der Waals surface area contributed by atoms with Crippen LogP contribution < -0.4 is 0 Å². The van der Waals surface area contributed by atoms with Gasteiger partial charge in [-0.1, -0.05) is 30.3 Å². The number of halogens is 3. The van der Waals surface area contributed by atoms with E-state index in [4.69, 9.17) is 0 Å². The van der Waals surface area contributed by atoms with E-state index in [0.29, 0.717) is 17.0 Å². The lowest BCUT2D eigenvalue weighted by Crippen LogP contribution is -2.25. The van der Waals surface area contributed by atoms with Crippen molar-refractivity contribution in [3.63, 3.8) is 0 Å². The number of aromatic nitrogens is 1. The molecule has 3 aromatic rings. The van der Waals surface area contributed by atoms with Gasteiger partial charge in [-0.2, -0.15) is 13.2 Å². The number of alkyl halides is 3. The summed E-state index contributed by atoms with van der Waals surface area (Å²) in [7, 11) is 1.54. The smallest absolute Gasteiger partial charge is 0.335 e. The van der Waals surface area contributed by atoms with Gasteiger partial charge in [-0.05, 0) is 12.1 Å². The molecule has 2 aromatic heterocycles. The number of ketones is 1. The average molecular weight is 410 g/mol. The quantitative estimate of drug-likeness (QED) is 0.563. The first-order chi connectivity index (χ1) is 12.8. The molecule has 2 heterocycles. The van der Waals surface area contributed by atoms with Crippen molar-refractivity contribution >= 4 is 34.4 Å². The fourth-order valence-corrected chi connectivity index (χ4v) is 4.09. The van der Waals surface area contributed by atoms with Gasteiger partial charge in [0.1, 0.15) is 5.01 Å². The van der Waals surface area contributed by atoms with E-state index in [1.54, 1.807) is 0 Å². The predicted octanol–water partition coefficient (Wildman–Crippen LogP) is 4.89. The molecule has 0 atom stereocenters. The van der Waals surface area contributed by atoms with Crippen LogP contribution in [0, 0.1) is 0 Å². The highest BCUT2D eigenvalue weighted by molar-refractivity contribution is 7.16. The van der Waals surface area contributed by atoms with Crippen molar-refractivity contribution in [2.75, 3.05) is 7.05 Å². The topological polar surface area (TPSA) is 50.3 Å². The van der Waals surface area contributed by atoms with Gasteiger partial charge in [-0.3, -0.25) is 9.59 Å². The number of benzene rings is 1. The summed E-state index contributed by atoms with van der Waals surface area (Å²) in [6, 6.07) is 11.8. The van der Waals surface area contributed by atoms with E-state index in [2.05, 4.69) is 4.98 Å². The number of thiophene rings is 1. The number of carbonyl (C=O) groups is 2. The highest BCUT2D eigenvalue weighted by Gasteiger charge is 2.40. The van der Waals surface area contributed by atoms with Crippen molar-refractivity contribution in [2.45, 2.75) is 12.7 Å². The molecule has 27 heavy (non-hydrogen) atoms. The van der Waals surface area contributed by atoms with Crippen molar-refractivity contribution in [3.8, 4) is 10.6 Å². The Balaban J connectivity index is 1.69. The van der Waals surface area contributed by atoms with E-state index in [-0.39, 0.29) is 11.4 Å². The Hall–Kier alpha value is -2.52. The number of hydrogen-bond donors (Lipinski definition) is 0. The van der Waals surface area contributed by atoms with E-state index >= 15 is 0 Å². The van der Waals surface area contributed by atoms with E-state index in [1.807, 2.05) is 35.7 Å². The van der Waals surface area contributed by atoms with Crippen LogP contribution >= 0.6 is 22.7 Å². The van der Waals surface area contributed by atoms with Crippen LogP contribution in [0.1, 0.15) is 25.0 Å². The van der Waals surface area contributed by atoms with Crippen LogP contribution in [0.5, 0.6) is 0 Å². The Bertz CT molecular complexity index is 964. The van der Waals surface area contributed by atoms with Crippen molar-refractivity contribution in [1.29, 1.82) is 0 Å². The molecular weight excluding hydrogens is 397 g/mol. The molecule has 0 aliphatic heterocycles. The normalized spacial score (nSPS) is 11.4. The number of nitrogens with zero attached hydrogens (tertiary/aromatic N) is 2. The van der Waals surface area contributed by atoms with Crippen LogP contribution in [0.25, 0.3) is 10.6 Å². The summed E-state index contributed by atoms with van der Waals surface area (Å²) in [4.78, 5) is 29.1. The molecule has 0 bridgehead atoms. The molecule has 0 unspecified atom stereocenters. The van der Waals surface area contributed by atoms with Gasteiger partial charge in [-0.25, -0.2) is 4.98 Å². The zero-order chi connectivity index (χ0) is 19.6. The van der Waals surface area contributed by atoms with Crippen molar-refractivity contribution in [3.05, 3.63) is 63.3 Å².